The van der Waals surface area contributed by atoms with E-state index in [2.05, 4.69) is 0 Å². The van der Waals surface area contributed by atoms with Crippen molar-refractivity contribution in [3.05, 3.63) is 45.8 Å². The minimum absolute atomic E-state index is 0.175. The summed E-state index contributed by atoms with van der Waals surface area (Å²) in [6, 6.07) is 9.14. The molecule has 0 aliphatic carbocycles. The molecule has 0 aliphatic heterocycles. The molecule has 0 N–H and O–H groups in total. The summed E-state index contributed by atoms with van der Waals surface area (Å²) in [6.07, 6.45) is 1.91. The normalized spacial score (nSPS) is 10.3. The number of rotatable bonds is 3. The van der Waals surface area contributed by atoms with E-state index in [9.17, 15) is 10.1 Å². The molecule has 0 saturated carbocycles. The first kappa shape index (κ1) is 11.2. The van der Waals surface area contributed by atoms with E-state index in [1.807, 2.05) is 35.9 Å². The molecule has 0 unspecified atom stereocenters. The molecule has 0 fully saturated rings. The van der Waals surface area contributed by atoms with E-state index in [4.69, 9.17) is 0 Å². The molecule has 0 aliphatic rings. The Balaban J connectivity index is 2.57. The lowest BCUT2D eigenvalue weighted by Gasteiger charge is -2.02. The van der Waals surface area contributed by atoms with Crippen LogP contribution in [-0.4, -0.2) is 11.2 Å². The Bertz CT molecular complexity index is 509. The smallest absolute Gasteiger partial charge is 0.258 e. The molecule has 5 heteroatoms. The van der Waals surface area contributed by atoms with Crippen molar-refractivity contribution in [2.24, 2.45) is 0 Å². The molecule has 2 rings (SSSR count). The van der Waals surface area contributed by atoms with Crippen molar-refractivity contribution in [2.45, 2.75) is 4.90 Å². The van der Waals surface area contributed by atoms with Gasteiger partial charge in [0.05, 0.1) is 10.5 Å². The molecule has 1 aromatic heterocycles. The van der Waals surface area contributed by atoms with Crippen LogP contribution in [0.5, 0.6) is 0 Å². The molecular formula is C11H9NO2S2. The zero-order valence-corrected chi connectivity index (χ0v) is 10.2. The quantitative estimate of drug-likeness (QED) is 0.469. The van der Waals surface area contributed by atoms with Crippen LogP contribution in [0.3, 0.4) is 0 Å². The third-order valence-electron chi connectivity index (χ3n) is 2.19. The summed E-state index contributed by atoms with van der Waals surface area (Å²) < 4.78 is 0. The molecular weight excluding hydrogens is 242 g/mol. The predicted molar refractivity (Wildman–Crippen MR) is 68.2 cm³/mol. The van der Waals surface area contributed by atoms with Crippen molar-refractivity contribution in [1.29, 1.82) is 0 Å². The molecule has 16 heavy (non-hydrogen) atoms. The number of hydrogen-bond donors (Lipinski definition) is 0. The number of thiophene rings is 1. The van der Waals surface area contributed by atoms with Crippen LogP contribution >= 0.6 is 23.1 Å². The van der Waals surface area contributed by atoms with Gasteiger partial charge in [-0.25, -0.2) is 0 Å². The van der Waals surface area contributed by atoms with Crippen LogP contribution in [0.1, 0.15) is 0 Å². The van der Waals surface area contributed by atoms with E-state index in [-0.39, 0.29) is 10.6 Å². The summed E-state index contributed by atoms with van der Waals surface area (Å²) in [5, 5.41) is 12.9. The monoisotopic (exact) mass is 251 g/mol. The molecule has 2 aromatic rings. The minimum atomic E-state index is -0.325. The first-order valence-electron chi connectivity index (χ1n) is 4.58. The third kappa shape index (κ3) is 2.10. The van der Waals surface area contributed by atoms with Crippen LogP contribution < -0.4 is 0 Å². The van der Waals surface area contributed by atoms with Crippen LogP contribution in [-0.2, 0) is 0 Å². The summed E-state index contributed by atoms with van der Waals surface area (Å²) in [5.74, 6) is 0. The van der Waals surface area contributed by atoms with Gasteiger partial charge in [0.1, 0.15) is 0 Å². The molecule has 0 saturated heterocycles. The fraction of sp³-hybridized carbons (Fsp3) is 0.0909. The van der Waals surface area contributed by atoms with Gasteiger partial charge in [0, 0.05) is 15.8 Å². The number of hydrogen-bond acceptors (Lipinski definition) is 4. The van der Waals surface area contributed by atoms with E-state index in [1.165, 1.54) is 23.1 Å². The van der Waals surface area contributed by atoms with Gasteiger partial charge in [-0.2, -0.15) is 0 Å². The molecule has 0 amide bonds. The van der Waals surface area contributed by atoms with Gasteiger partial charge >= 0.3 is 0 Å². The van der Waals surface area contributed by atoms with Crippen LogP contribution in [0.15, 0.2) is 40.6 Å². The Morgan fingerprint density at radius 2 is 2.19 bits per heavy atom. The SMILES string of the molecule is CSc1ccc(-c2cccs2)c([N+](=O)[O-])c1. The Labute approximate surface area is 101 Å². The van der Waals surface area contributed by atoms with Gasteiger partial charge in [0.2, 0.25) is 0 Å². The van der Waals surface area contributed by atoms with E-state index in [0.29, 0.717) is 5.56 Å². The largest absolute Gasteiger partial charge is 0.279 e. The summed E-state index contributed by atoms with van der Waals surface area (Å²) in [7, 11) is 0. The number of nitro groups is 1. The summed E-state index contributed by atoms with van der Waals surface area (Å²) in [6.45, 7) is 0. The van der Waals surface area contributed by atoms with Gasteiger partial charge < -0.3 is 0 Å². The summed E-state index contributed by atoms with van der Waals surface area (Å²) in [4.78, 5) is 12.5. The molecule has 3 nitrogen and oxygen atoms in total. The summed E-state index contributed by atoms with van der Waals surface area (Å²) >= 11 is 3.02. The fourth-order valence-electron chi connectivity index (χ4n) is 1.43. The fourth-order valence-corrected chi connectivity index (χ4v) is 2.62. The molecule has 1 heterocycles. The lowest BCUT2D eigenvalue weighted by Crippen LogP contribution is -1.91. The van der Waals surface area contributed by atoms with Gasteiger partial charge in [-0.05, 0) is 29.8 Å². The second-order valence-corrected chi connectivity index (χ2v) is 4.94. The Kier molecular flexibility index (Phi) is 3.26. The highest BCUT2D eigenvalue weighted by molar-refractivity contribution is 7.98. The average molecular weight is 251 g/mol. The first-order valence-corrected chi connectivity index (χ1v) is 6.69. The maximum absolute atomic E-state index is 11.0. The molecule has 0 spiro atoms. The maximum Gasteiger partial charge on any atom is 0.279 e. The van der Waals surface area contributed by atoms with Crippen molar-refractivity contribution in [3.8, 4) is 10.4 Å². The Hall–Kier alpha value is -1.33. The highest BCUT2D eigenvalue weighted by Gasteiger charge is 2.16. The van der Waals surface area contributed by atoms with Crippen molar-refractivity contribution < 1.29 is 4.92 Å². The van der Waals surface area contributed by atoms with Crippen LogP contribution in [0, 0.1) is 10.1 Å². The predicted octanol–water partition coefficient (Wildman–Crippen LogP) is 4.05. The van der Waals surface area contributed by atoms with Crippen molar-refractivity contribution >= 4 is 28.8 Å². The van der Waals surface area contributed by atoms with E-state index in [0.717, 1.165) is 9.77 Å². The Morgan fingerprint density at radius 1 is 1.38 bits per heavy atom. The summed E-state index contributed by atoms with van der Waals surface area (Å²) in [5.41, 5.74) is 0.868. The zero-order chi connectivity index (χ0) is 11.5. The number of benzene rings is 1. The van der Waals surface area contributed by atoms with Gasteiger partial charge in [-0.15, -0.1) is 23.1 Å². The van der Waals surface area contributed by atoms with Gasteiger partial charge in [0.25, 0.3) is 5.69 Å². The third-order valence-corrected chi connectivity index (χ3v) is 3.82. The zero-order valence-electron chi connectivity index (χ0n) is 8.54. The molecule has 0 atom stereocenters. The maximum atomic E-state index is 11.0. The Morgan fingerprint density at radius 3 is 2.75 bits per heavy atom. The van der Waals surface area contributed by atoms with E-state index in [1.54, 1.807) is 6.07 Å². The second kappa shape index (κ2) is 4.67. The lowest BCUT2D eigenvalue weighted by molar-refractivity contribution is -0.384. The van der Waals surface area contributed by atoms with E-state index < -0.39 is 0 Å². The van der Waals surface area contributed by atoms with Gasteiger partial charge in [-0.3, -0.25) is 10.1 Å². The standard InChI is InChI=1S/C11H9NO2S2/c1-15-8-4-5-9(10(7-8)12(13)14)11-3-2-6-16-11/h2-7H,1H3. The average Bonchev–Trinajstić information content (AvgIpc) is 2.81. The molecule has 0 bridgehead atoms. The topological polar surface area (TPSA) is 43.1 Å². The first-order chi connectivity index (χ1) is 7.72. The second-order valence-electron chi connectivity index (χ2n) is 3.12. The highest BCUT2D eigenvalue weighted by Crippen LogP contribution is 2.35. The molecule has 1 aromatic carbocycles. The van der Waals surface area contributed by atoms with Gasteiger partial charge in [0.15, 0.2) is 0 Å². The van der Waals surface area contributed by atoms with Crippen molar-refractivity contribution in [2.75, 3.05) is 6.26 Å². The van der Waals surface area contributed by atoms with Crippen molar-refractivity contribution in [3.63, 3.8) is 0 Å². The highest BCUT2D eigenvalue weighted by atomic mass is 32.2. The van der Waals surface area contributed by atoms with Gasteiger partial charge in [-0.1, -0.05) is 6.07 Å². The minimum Gasteiger partial charge on any atom is -0.258 e. The van der Waals surface area contributed by atoms with Crippen LogP contribution in [0.25, 0.3) is 10.4 Å². The molecule has 82 valence electrons. The van der Waals surface area contributed by atoms with Crippen molar-refractivity contribution in [1.82, 2.24) is 0 Å². The van der Waals surface area contributed by atoms with E-state index >= 15 is 0 Å². The van der Waals surface area contributed by atoms with Crippen LogP contribution in [0.4, 0.5) is 5.69 Å². The lowest BCUT2D eigenvalue weighted by atomic mass is 10.1. The number of nitro benzene ring substituents is 1. The number of thioether (sulfide) groups is 1. The molecule has 0 radical (unpaired) electrons. The van der Waals surface area contributed by atoms with Crippen LogP contribution in [0.2, 0.25) is 0 Å². The number of nitrogens with zero attached hydrogens (tertiary/aromatic N) is 1.